The molecule has 0 fully saturated rings. The van der Waals surface area contributed by atoms with E-state index >= 15 is 0 Å². The molecule has 0 aliphatic heterocycles. The predicted octanol–water partition coefficient (Wildman–Crippen LogP) is 4.58. The molecule has 0 atom stereocenters. The zero-order valence-corrected chi connectivity index (χ0v) is 14.2. The Morgan fingerprint density at radius 2 is 1.10 bits per heavy atom. The molecule has 0 radical (unpaired) electrons. The zero-order chi connectivity index (χ0) is 15.6. The Labute approximate surface area is 131 Å². The molecule has 0 aromatic rings. The van der Waals surface area contributed by atoms with Gasteiger partial charge in [-0.3, -0.25) is 4.79 Å². The van der Waals surface area contributed by atoms with Gasteiger partial charge in [0.1, 0.15) is 6.61 Å². The van der Waals surface area contributed by atoms with E-state index < -0.39 is 6.61 Å². The maximum absolute atomic E-state index is 10.8. The molecular formula is C18H37NO2. The lowest BCUT2D eigenvalue weighted by atomic mass is 10.0. The van der Waals surface area contributed by atoms with Crippen molar-refractivity contribution in [1.29, 1.82) is 0 Å². The summed E-state index contributed by atoms with van der Waals surface area (Å²) in [6, 6.07) is 0. The minimum absolute atomic E-state index is 0.260. The van der Waals surface area contributed by atoms with Crippen LogP contribution in [-0.2, 0) is 4.79 Å². The third-order valence-electron chi connectivity index (χ3n) is 4.00. The summed E-state index contributed by atoms with van der Waals surface area (Å²) in [6.45, 7) is 2.58. The highest BCUT2D eigenvalue weighted by molar-refractivity contribution is 5.76. The van der Waals surface area contributed by atoms with Crippen LogP contribution in [0.15, 0.2) is 0 Å². The molecule has 0 spiro atoms. The van der Waals surface area contributed by atoms with Crippen LogP contribution >= 0.6 is 0 Å². The molecule has 1 amide bonds. The van der Waals surface area contributed by atoms with E-state index in [0.717, 1.165) is 6.42 Å². The Kier molecular flexibility index (Phi) is 17.0. The number of carbonyl (C=O) groups is 1. The molecule has 0 bridgehead atoms. The molecular weight excluding hydrogens is 262 g/mol. The van der Waals surface area contributed by atoms with E-state index in [1.807, 2.05) is 0 Å². The van der Waals surface area contributed by atoms with Crippen LogP contribution in [0, 0.1) is 0 Å². The van der Waals surface area contributed by atoms with Gasteiger partial charge in [-0.15, -0.1) is 0 Å². The predicted molar refractivity (Wildman–Crippen MR) is 90.4 cm³/mol. The normalized spacial score (nSPS) is 10.8. The van der Waals surface area contributed by atoms with Crippen molar-refractivity contribution >= 4 is 5.91 Å². The second-order valence-electron chi connectivity index (χ2n) is 6.10. The largest absolute Gasteiger partial charge is 0.387 e. The quantitative estimate of drug-likeness (QED) is 0.410. The number of aliphatic hydroxyl groups is 1. The fourth-order valence-corrected chi connectivity index (χ4v) is 2.60. The molecule has 0 aromatic carbocycles. The Balaban J connectivity index is 2.98. The minimum Gasteiger partial charge on any atom is -0.387 e. The molecule has 0 aliphatic rings. The number of hydrogen-bond donors (Lipinski definition) is 2. The maximum Gasteiger partial charge on any atom is 0.245 e. The third kappa shape index (κ3) is 17.4. The van der Waals surface area contributed by atoms with E-state index in [0.29, 0.717) is 6.54 Å². The fraction of sp³-hybridized carbons (Fsp3) is 0.944. The van der Waals surface area contributed by atoms with Gasteiger partial charge in [-0.05, 0) is 6.42 Å². The fourth-order valence-electron chi connectivity index (χ4n) is 2.60. The lowest BCUT2D eigenvalue weighted by Gasteiger charge is -2.04. The Morgan fingerprint density at radius 1 is 0.714 bits per heavy atom. The van der Waals surface area contributed by atoms with Crippen molar-refractivity contribution in [3.05, 3.63) is 0 Å². The van der Waals surface area contributed by atoms with Gasteiger partial charge in [0.25, 0.3) is 0 Å². The summed E-state index contributed by atoms with van der Waals surface area (Å²) in [4.78, 5) is 10.8. The number of rotatable bonds is 16. The van der Waals surface area contributed by atoms with Crippen molar-refractivity contribution in [2.24, 2.45) is 0 Å². The SMILES string of the molecule is CCCCCCCCCCCCCCCCNC(=O)CO. The van der Waals surface area contributed by atoms with Gasteiger partial charge in [-0.2, -0.15) is 0 Å². The molecule has 0 saturated heterocycles. The van der Waals surface area contributed by atoms with E-state index in [2.05, 4.69) is 12.2 Å². The summed E-state index contributed by atoms with van der Waals surface area (Å²) in [7, 11) is 0. The standard InChI is InChI=1S/C18H37NO2/c1-2-3-4-5-6-7-8-9-10-11-12-13-14-15-16-19-18(21)17-20/h20H,2-17H2,1H3,(H,19,21). The molecule has 3 heteroatoms. The first-order valence-electron chi connectivity index (χ1n) is 9.18. The molecule has 0 saturated carbocycles. The van der Waals surface area contributed by atoms with E-state index in [9.17, 15) is 4.79 Å². The smallest absolute Gasteiger partial charge is 0.245 e. The van der Waals surface area contributed by atoms with Crippen LogP contribution in [0.5, 0.6) is 0 Å². The van der Waals surface area contributed by atoms with Crippen LogP contribution < -0.4 is 5.32 Å². The van der Waals surface area contributed by atoms with Crippen LogP contribution in [0.25, 0.3) is 0 Å². The Hall–Kier alpha value is -0.570. The number of nitrogens with one attached hydrogen (secondary N) is 1. The van der Waals surface area contributed by atoms with E-state index in [-0.39, 0.29) is 5.91 Å². The highest BCUT2D eigenvalue weighted by Gasteiger charge is 1.96. The van der Waals surface area contributed by atoms with Crippen molar-refractivity contribution in [3.8, 4) is 0 Å². The molecule has 3 nitrogen and oxygen atoms in total. The summed E-state index contributed by atoms with van der Waals surface area (Å²) in [6.07, 6.45) is 18.8. The number of unbranched alkanes of at least 4 members (excludes halogenated alkanes) is 13. The molecule has 0 unspecified atom stereocenters. The summed E-state index contributed by atoms with van der Waals surface area (Å²) in [5, 5.41) is 11.2. The van der Waals surface area contributed by atoms with Gasteiger partial charge in [0.05, 0.1) is 0 Å². The van der Waals surface area contributed by atoms with E-state index in [1.54, 1.807) is 0 Å². The monoisotopic (exact) mass is 299 g/mol. The average Bonchev–Trinajstić information content (AvgIpc) is 2.50. The van der Waals surface area contributed by atoms with Crippen LogP contribution in [-0.4, -0.2) is 24.2 Å². The molecule has 0 rings (SSSR count). The Morgan fingerprint density at radius 3 is 1.48 bits per heavy atom. The minimum atomic E-state index is -0.390. The summed E-state index contributed by atoms with van der Waals surface area (Å²) >= 11 is 0. The molecule has 0 heterocycles. The molecule has 2 N–H and O–H groups in total. The van der Waals surface area contributed by atoms with Crippen molar-refractivity contribution in [2.45, 2.75) is 96.8 Å². The van der Waals surface area contributed by atoms with Gasteiger partial charge < -0.3 is 10.4 Å². The summed E-state index contributed by atoms with van der Waals surface area (Å²) in [5.74, 6) is -0.260. The van der Waals surface area contributed by atoms with Gasteiger partial charge in [-0.25, -0.2) is 0 Å². The number of carbonyl (C=O) groups excluding carboxylic acids is 1. The summed E-state index contributed by atoms with van der Waals surface area (Å²) in [5.41, 5.74) is 0. The first kappa shape index (κ1) is 20.4. The van der Waals surface area contributed by atoms with Crippen molar-refractivity contribution in [3.63, 3.8) is 0 Å². The van der Waals surface area contributed by atoms with Gasteiger partial charge in [-0.1, -0.05) is 90.4 Å². The topological polar surface area (TPSA) is 49.3 Å². The highest BCUT2D eigenvalue weighted by Crippen LogP contribution is 2.12. The second-order valence-corrected chi connectivity index (χ2v) is 6.10. The summed E-state index contributed by atoms with van der Waals surface area (Å²) < 4.78 is 0. The number of aliphatic hydroxyl groups excluding tert-OH is 1. The lowest BCUT2D eigenvalue weighted by Crippen LogP contribution is -2.26. The van der Waals surface area contributed by atoms with Gasteiger partial charge in [0, 0.05) is 6.54 Å². The average molecular weight is 299 g/mol. The van der Waals surface area contributed by atoms with Crippen LogP contribution in [0.1, 0.15) is 96.8 Å². The van der Waals surface area contributed by atoms with Gasteiger partial charge in [0.2, 0.25) is 5.91 Å². The molecule has 0 aromatic heterocycles. The first-order chi connectivity index (χ1) is 10.3. The highest BCUT2D eigenvalue weighted by atomic mass is 16.3. The van der Waals surface area contributed by atoms with Gasteiger partial charge in [0.15, 0.2) is 0 Å². The molecule has 21 heavy (non-hydrogen) atoms. The van der Waals surface area contributed by atoms with Gasteiger partial charge >= 0.3 is 0 Å². The zero-order valence-electron chi connectivity index (χ0n) is 14.2. The van der Waals surface area contributed by atoms with E-state index in [1.165, 1.54) is 83.5 Å². The lowest BCUT2D eigenvalue weighted by molar-refractivity contribution is -0.123. The number of hydrogen-bond acceptors (Lipinski definition) is 2. The third-order valence-corrected chi connectivity index (χ3v) is 4.00. The second kappa shape index (κ2) is 17.5. The van der Waals surface area contributed by atoms with Crippen LogP contribution in [0.4, 0.5) is 0 Å². The molecule has 126 valence electrons. The maximum atomic E-state index is 10.8. The Bertz CT molecular complexity index is 219. The first-order valence-corrected chi connectivity index (χ1v) is 9.18. The van der Waals surface area contributed by atoms with Crippen LogP contribution in [0.2, 0.25) is 0 Å². The number of amides is 1. The molecule has 0 aliphatic carbocycles. The van der Waals surface area contributed by atoms with Crippen molar-refractivity contribution < 1.29 is 9.90 Å². The van der Waals surface area contributed by atoms with E-state index in [4.69, 9.17) is 5.11 Å². The van der Waals surface area contributed by atoms with Crippen LogP contribution in [0.3, 0.4) is 0 Å². The van der Waals surface area contributed by atoms with Crippen molar-refractivity contribution in [2.75, 3.05) is 13.2 Å². The van der Waals surface area contributed by atoms with Crippen molar-refractivity contribution in [1.82, 2.24) is 5.32 Å².